The van der Waals surface area contributed by atoms with Crippen LogP contribution in [0.3, 0.4) is 0 Å². The molecule has 0 radical (unpaired) electrons. The number of nitrogens with two attached hydrogens (primary N) is 2. The Balaban J connectivity index is 2.45. The van der Waals surface area contributed by atoms with Gasteiger partial charge in [-0.05, 0) is 43.0 Å². The van der Waals surface area contributed by atoms with Crippen LogP contribution >= 0.6 is 0 Å². The Labute approximate surface area is 84.7 Å². The summed E-state index contributed by atoms with van der Waals surface area (Å²) in [6, 6.07) is 5.58. The highest BCUT2D eigenvalue weighted by Crippen LogP contribution is 2.18. The van der Waals surface area contributed by atoms with E-state index in [2.05, 4.69) is 0 Å². The average Bonchev–Trinajstić information content (AvgIpc) is 2.18. The van der Waals surface area contributed by atoms with Gasteiger partial charge in [0.1, 0.15) is 0 Å². The summed E-state index contributed by atoms with van der Waals surface area (Å²) >= 11 is 0. The van der Waals surface area contributed by atoms with Gasteiger partial charge >= 0.3 is 0 Å². The zero-order chi connectivity index (χ0) is 10.4. The van der Waals surface area contributed by atoms with Crippen LogP contribution in [0, 0.1) is 0 Å². The Morgan fingerprint density at radius 3 is 2.57 bits per heavy atom. The quantitative estimate of drug-likeness (QED) is 0.492. The van der Waals surface area contributed by atoms with Gasteiger partial charge in [-0.1, -0.05) is 6.42 Å². The standard InChI is InChI=1S/C11H18N2O/c12-10-5-6-11(13)9(8-10)4-2-1-3-7-14/h5-6,8,14H,1-4,7,12-13H2. The topological polar surface area (TPSA) is 72.3 Å². The SMILES string of the molecule is Nc1ccc(N)c(CCCCCO)c1. The molecule has 0 aromatic heterocycles. The second-order valence-corrected chi connectivity index (χ2v) is 3.49. The van der Waals surface area contributed by atoms with Gasteiger partial charge in [0.15, 0.2) is 0 Å². The number of rotatable bonds is 5. The van der Waals surface area contributed by atoms with Crippen molar-refractivity contribution in [2.45, 2.75) is 25.7 Å². The molecule has 0 heterocycles. The first-order valence-electron chi connectivity index (χ1n) is 4.99. The van der Waals surface area contributed by atoms with Crippen molar-refractivity contribution >= 4 is 11.4 Å². The Hall–Kier alpha value is -1.22. The molecule has 1 rings (SSSR count). The van der Waals surface area contributed by atoms with Crippen molar-refractivity contribution < 1.29 is 5.11 Å². The molecule has 3 nitrogen and oxygen atoms in total. The Bertz CT molecular complexity index is 287. The highest BCUT2D eigenvalue weighted by atomic mass is 16.2. The molecule has 0 atom stereocenters. The van der Waals surface area contributed by atoms with E-state index >= 15 is 0 Å². The van der Waals surface area contributed by atoms with Crippen molar-refractivity contribution in [3.05, 3.63) is 23.8 Å². The van der Waals surface area contributed by atoms with Crippen molar-refractivity contribution in [2.24, 2.45) is 0 Å². The summed E-state index contributed by atoms with van der Waals surface area (Å²) in [6.45, 7) is 0.270. The lowest BCUT2D eigenvalue weighted by molar-refractivity contribution is 0.283. The fraction of sp³-hybridized carbons (Fsp3) is 0.455. The summed E-state index contributed by atoms with van der Waals surface area (Å²) < 4.78 is 0. The minimum absolute atomic E-state index is 0.270. The molecule has 0 amide bonds. The van der Waals surface area contributed by atoms with Crippen molar-refractivity contribution in [1.82, 2.24) is 0 Å². The smallest absolute Gasteiger partial charge is 0.0431 e. The molecule has 0 aliphatic rings. The third kappa shape index (κ3) is 3.26. The van der Waals surface area contributed by atoms with Crippen LogP contribution in [-0.2, 0) is 6.42 Å². The minimum atomic E-state index is 0.270. The number of nitrogen functional groups attached to an aromatic ring is 2. The second-order valence-electron chi connectivity index (χ2n) is 3.49. The van der Waals surface area contributed by atoms with Crippen LogP contribution in [0.25, 0.3) is 0 Å². The molecule has 3 heteroatoms. The van der Waals surface area contributed by atoms with E-state index in [1.165, 1.54) is 0 Å². The van der Waals surface area contributed by atoms with Gasteiger partial charge < -0.3 is 16.6 Å². The lowest BCUT2D eigenvalue weighted by atomic mass is 10.0. The van der Waals surface area contributed by atoms with Gasteiger partial charge in [-0.15, -0.1) is 0 Å². The summed E-state index contributed by atoms with van der Waals surface area (Å²) in [5.41, 5.74) is 14.1. The summed E-state index contributed by atoms with van der Waals surface area (Å²) in [7, 11) is 0. The number of hydrogen-bond acceptors (Lipinski definition) is 3. The van der Waals surface area contributed by atoms with E-state index in [4.69, 9.17) is 16.6 Å². The first-order valence-corrected chi connectivity index (χ1v) is 4.99. The summed E-state index contributed by atoms with van der Waals surface area (Å²) in [5, 5.41) is 8.62. The van der Waals surface area contributed by atoms with Gasteiger partial charge in [-0.25, -0.2) is 0 Å². The third-order valence-electron chi connectivity index (χ3n) is 2.27. The van der Waals surface area contributed by atoms with E-state index < -0.39 is 0 Å². The molecular formula is C11H18N2O. The lowest BCUT2D eigenvalue weighted by Gasteiger charge is -2.06. The van der Waals surface area contributed by atoms with E-state index in [0.29, 0.717) is 0 Å². The fourth-order valence-electron chi connectivity index (χ4n) is 1.45. The number of aliphatic hydroxyl groups is 1. The zero-order valence-electron chi connectivity index (χ0n) is 8.37. The number of anilines is 2. The molecule has 0 unspecified atom stereocenters. The Morgan fingerprint density at radius 2 is 1.86 bits per heavy atom. The van der Waals surface area contributed by atoms with Crippen molar-refractivity contribution in [3.63, 3.8) is 0 Å². The van der Waals surface area contributed by atoms with Gasteiger partial charge in [0.2, 0.25) is 0 Å². The van der Waals surface area contributed by atoms with Crippen LogP contribution in [0.5, 0.6) is 0 Å². The van der Waals surface area contributed by atoms with Crippen molar-refractivity contribution in [3.8, 4) is 0 Å². The fourth-order valence-corrected chi connectivity index (χ4v) is 1.45. The molecule has 0 saturated heterocycles. The maximum absolute atomic E-state index is 8.62. The molecule has 0 spiro atoms. The monoisotopic (exact) mass is 194 g/mol. The molecule has 0 saturated carbocycles. The second kappa shape index (κ2) is 5.50. The van der Waals surface area contributed by atoms with Gasteiger partial charge in [0.05, 0.1) is 0 Å². The number of hydrogen-bond donors (Lipinski definition) is 3. The first kappa shape index (κ1) is 10.9. The van der Waals surface area contributed by atoms with Crippen LogP contribution in [0.4, 0.5) is 11.4 Å². The molecule has 0 bridgehead atoms. The number of benzene rings is 1. The highest BCUT2D eigenvalue weighted by molar-refractivity contribution is 5.55. The lowest BCUT2D eigenvalue weighted by Crippen LogP contribution is -1.97. The third-order valence-corrected chi connectivity index (χ3v) is 2.27. The Morgan fingerprint density at radius 1 is 1.07 bits per heavy atom. The maximum Gasteiger partial charge on any atom is 0.0431 e. The number of aryl methyl sites for hydroxylation is 1. The van der Waals surface area contributed by atoms with Crippen LogP contribution in [0.1, 0.15) is 24.8 Å². The van der Waals surface area contributed by atoms with E-state index in [9.17, 15) is 0 Å². The van der Waals surface area contributed by atoms with Crippen LogP contribution < -0.4 is 11.5 Å². The molecule has 0 aliphatic heterocycles. The maximum atomic E-state index is 8.62. The minimum Gasteiger partial charge on any atom is -0.399 e. The summed E-state index contributed by atoms with van der Waals surface area (Å²) in [4.78, 5) is 0. The molecule has 0 aliphatic carbocycles. The Kier molecular flexibility index (Phi) is 4.26. The van der Waals surface area contributed by atoms with Crippen molar-refractivity contribution in [1.29, 1.82) is 0 Å². The highest BCUT2D eigenvalue weighted by Gasteiger charge is 1.99. The van der Waals surface area contributed by atoms with Gasteiger partial charge in [0.25, 0.3) is 0 Å². The van der Waals surface area contributed by atoms with Gasteiger partial charge in [-0.3, -0.25) is 0 Å². The van der Waals surface area contributed by atoms with Gasteiger partial charge in [-0.2, -0.15) is 0 Å². The molecule has 0 fully saturated rings. The van der Waals surface area contributed by atoms with E-state index in [1.54, 1.807) is 0 Å². The van der Waals surface area contributed by atoms with Crippen LogP contribution in [0.2, 0.25) is 0 Å². The molecule has 14 heavy (non-hydrogen) atoms. The number of aliphatic hydroxyl groups excluding tert-OH is 1. The molecule has 78 valence electrons. The average molecular weight is 194 g/mol. The predicted octanol–water partition coefficient (Wildman–Crippen LogP) is 1.56. The van der Waals surface area contributed by atoms with E-state index in [1.807, 2.05) is 18.2 Å². The van der Waals surface area contributed by atoms with Gasteiger partial charge in [0, 0.05) is 18.0 Å². The van der Waals surface area contributed by atoms with Crippen molar-refractivity contribution in [2.75, 3.05) is 18.1 Å². The predicted molar refractivity (Wildman–Crippen MR) is 59.9 cm³/mol. The largest absolute Gasteiger partial charge is 0.399 e. The molecule has 5 N–H and O–H groups in total. The molecule has 1 aromatic carbocycles. The van der Waals surface area contributed by atoms with Crippen LogP contribution in [-0.4, -0.2) is 11.7 Å². The zero-order valence-corrected chi connectivity index (χ0v) is 8.37. The summed E-state index contributed by atoms with van der Waals surface area (Å²) in [5.74, 6) is 0. The molecular weight excluding hydrogens is 176 g/mol. The van der Waals surface area contributed by atoms with Crippen LogP contribution in [0.15, 0.2) is 18.2 Å². The number of unbranched alkanes of at least 4 members (excludes halogenated alkanes) is 2. The normalized spacial score (nSPS) is 10.4. The summed E-state index contributed by atoms with van der Waals surface area (Å²) in [6.07, 6.45) is 3.89. The molecule has 1 aromatic rings. The first-order chi connectivity index (χ1) is 6.74. The van der Waals surface area contributed by atoms with E-state index in [0.717, 1.165) is 42.6 Å². The van der Waals surface area contributed by atoms with E-state index in [-0.39, 0.29) is 6.61 Å².